The summed E-state index contributed by atoms with van der Waals surface area (Å²) in [5.74, 6) is 0.603. The van der Waals surface area contributed by atoms with E-state index in [1.165, 1.54) is 32.1 Å². The largest absolute Gasteiger partial charge is 0.349 e. The molecule has 0 unspecified atom stereocenters. The molecule has 3 heteroatoms. The lowest BCUT2D eigenvalue weighted by atomic mass is 9.84. The van der Waals surface area contributed by atoms with E-state index in [9.17, 15) is 4.79 Å². The van der Waals surface area contributed by atoms with Crippen LogP contribution >= 0.6 is 0 Å². The highest BCUT2D eigenvalue weighted by Crippen LogP contribution is 2.31. The van der Waals surface area contributed by atoms with Gasteiger partial charge in [-0.2, -0.15) is 0 Å². The third kappa shape index (κ3) is 3.66. The SMILES string of the molecule is Cc1c(-c2ccccc2)nc2ccccc2c1C(=O)N[C@@H](C)C1CCCCC1. The molecule has 2 aromatic carbocycles. The van der Waals surface area contributed by atoms with Crippen molar-refractivity contribution in [1.29, 1.82) is 0 Å². The van der Waals surface area contributed by atoms with E-state index in [2.05, 4.69) is 24.4 Å². The quantitative estimate of drug-likeness (QED) is 0.619. The summed E-state index contributed by atoms with van der Waals surface area (Å²) in [6.07, 6.45) is 6.31. The summed E-state index contributed by atoms with van der Waals surface area (Å²) in [7, 11) is 0. The maximum Gasteiger partial charge on any atom is 0.252 e. The van der Waals surface area contributed by atoms with Crippen molar-refractivity contribution >= 4 is 16.8 Å². The number of aromatic nitrogens is 1. The fraction of sp³-hybridized carbons (Fsp3) is 0.360. The molecule has 4 rings (SSSR count). The molecule has 28 heavy (non-hydrogen) atoms. The average Bonchev–Trinajstić information content (AvgIpc) is 2.74. The van der Waals surface area contributed by atoms with Crippen LogP contribution < -0.4 is 5.32 Å². The van der Waals surface area contributed by atoms with Crippen LogP contribution in [-0.4, -0.2) is 16.9 Å². The smallest absolute Gasteiger partial charge is 0.252 e. The second-order valence-electron chi connectivity index (χ2n) is 8.00. The van der Waals surface area contributed by atoms with Gasteiger partial charge in [0, 0.05) is 17.0 Å². The molecule has 1 aromatic heterocycles. The monoisotopic (exact) mass is 372 g/mol. The molecule has 1 aliphatic carbocycles. The minimum Gasteiger partial charge on any atom is -0.349 e. The number of amides is 1. The average molecular weight is 373 g/mol. The van der Waals surface area contributed by atoms with E-state index in [4.69, 9.17) is 4.98 Å². The highest BCUT2D eigenvalue weighted by Gasteiger charge is 2.24. The normalized spacial score (nSPS) is 16.1. The van der Waals surface area contributed by atoms with Crippen LogP contribution in [0.3, 0.4) is 0 Å². The zero-order chi connectivity index (χ0) is 19.5. The predicted molar refractivity (Wildman–Crippen MR) is 115 cm³/mol. The molecule has 1 aliphatic rings. The molecule has 1 amide bonds. The Hall–Kier alpha value is -2.68. The molecule has 1 heterocycles. The predicted octanol–water partition coefficient (Wildman–Crippen LogP) is 5.91. The number of hydrogen-bond acceptors (Lipinski definition) is 2. The Bertz CT molecular complexity index is 975. The van der Waals surface area contributed by atoms with Gasteiger partial charge in [-0.15, -0.1) is 0 Å². The number of para-hydroxylation sites is 1. The number of fused-ring (bicyclic) bond motifs is 1. The molecule has 1 atom stereocenters. The maximum atomic E-state index is 13.4. The number of benzene rings is 2. The fourth-order valence-corrected chi connectivity index (χ4v) is 4.51. The molecular weight excluding hydrogens is 344 g/mol. The number of carbonyl (C=O) groups excluding carboxylic acids is 1. The van der Waals surface area contributed by atoms with Crippen molar-refractivity contribution in [2.24, 2.45) is 5.92 Å². The van der Waals surface area contributed by atoms with E-state index in [1.807, 2.05) is 49.4 Å². The number of rotatable bonds is 4. The summed E-state index contributed by atoms with van der Waals surface area (Å²) in [5.41, 5.74) is 4.49. The van der Waals surface area contributed by atoms with E-state index < -0.39 is 0 Å². The lowest BCUT2D eigenvalue weighted by Gasteiger charge is -2.28. The highest BCUT2D eigenvalue weighted by atomic mass is 16.1. The number of pyridine rings is 1. The van der Waals surface area contributed by atoms with Gasteiger partial charge in [0.2, 0.25) is 0 Å². The van der Waals surface area contributed by atoms with Gasteiger partial charge in [-0.05, 0) is 44.2 Å². The van der Waals surface area contributed by atoms with Crippen molar-refractivity contribution in [3.8, 4) is 11.3 Å². The zero-order valence-electron chi connectivity index (χ0n) is 16.7. The summed E-state index contributed by atoms with van der Waals surface area (Å²) < 4.78 is 0. The van der Waals surface area contributed by atoms with E-state index >= 15 is 0 Å². The molecule has 0 bridgehead atoms. The Kier molecular flexibility index (Phi) is 5.43. The van der Waals surface area contributed by atoms with Gasteiger partial charge in [-0.1, -0.05) is 67.8 Å². The standard InChI is InChI=1S/C25H28N2O/c1-17-23(25(28)26-18(2)19-11-5-3-6-12-19)21-15-9-10-16-22(21)27-24(17)20-13-7-4-8-14-20/h4,7-10,13-16,18-19H,3,5-6,11-12H2,1-2H3,(H,26,28)/t18-/m0/s1. The van der Waals surface area contributed by atoms with Crippen LogP contribution in [0, 0.1) is 12.8 Å². The summed E-state index contributed by atoms with van der Waals surface area (Å²) in [6, 6.07) is 18.3. The summed E-state index contributed by atoms with van der Waals surface area (Å²) in [4.78, 5) is 18.3. The Balaban J connectivity index is 1.74. The van der Waals surface area contributed by atoms with E-state index in [1.54, 1.807) is 0 Å². The summed E-state index contributed by atoms with van der Waals surface area (Å²) >= 11 is 0. The van der Waals surface area contributed by atoms with Gasteiger partial charge in [0.1, 0.15) is 0 Å². The van der Waals surface area contributed by atoms with Gasteiger partial charge in [-0.3, -0.25) is 4.79 Å². The molecule has 1 fully saturated rings. The third-order valence-electron chi connectivity index (χ3n) is 6.13. The molecule has 144 valence electrons. The molecule has 0 aliphatic heterocycles. The third-order valence-corrected chi connectivity index (χ3v) is 6.13. The van der Waals surface area contributed by atoms with Crippen LogP contribution in [0.2, 0.25) is 0 Å². The molecule has 3 aromatic rings. The van der Waals surface area contributed by atoms with E-state index in [0.717, 1.165) is 33.3 Å². The minimum absolute atomic E-state index is 0.0198. The van der Waals surface area contributed by atoms with Crippen molar-refractivity contribution in [3.05, 3.63) is 65.7 Å². The van der Waals surface area contributed by atoms with E-state index in [0.29, 0.717) is 5.92 Å². The molecule has 1 N–H and O–H groups in total. The van der Waals surface area contributed by atoms with Crippen molar-refractivity contribution in [1.82, 2.24) is 10.3 Å². The Labute approximate surface area is 167 Å². The molecule has 0 saturated heterocycles. The van der Waals surface area contributed by atoms with Gasteiger partial charge in [0.15, 0.2) is 0 Å². The first-order valence-corrected chi connectivity index (χ1v) is 10.4. The van der Waals surface area contributed by atoms with Crippen LogP contribution in [0.4, 0.5) is 0 Å². The molecule has 3 nitrogen and oxygen atoms in total. The van der Waals surface area contributed by atoms with Crippen molar-refractivity contribution in [3.63, 3.8) is 0 Å². The summed E-state index contributed by atoms with van der Waals surface area (Å²) in [5, 5.41) is 4.23. The van der Waals surface area contributed by atoms with Crippen LogP contribution in [0.15, 0.2) is 54.6 Å². The highest BCUT2D eigenvalue weighted by molar-refractivity contribution is 6.09. The fourth-order valence-electron chi connectivity index (χ4n) is 4.51. The minimum atomic E-state index is 0.0198. The van der Waals surface area contributed by atoms with Crippen LogP contribution in [0.25, 0.3) is 22.2 Å². The topological polar surface area (TPSA) is 42.0 Å². The molecule has 0 radical (unpaired) electrons. The van der Waals surface area contributed by atoms with Gasteiger partial charge in [0.25, 0.3) is 5.91 Å². The zero-order valence-corrected chi connectivity index (χ0v) is 16.7. The van der Waals surface area contributed by atoms with E-state index in [-0.39, 0.29) is 11.9 Å². The van der Waals surface area contributed by atoms with Gasteiger partial charge in [-0.25, -0.2) is 4.98 Å². The van der Waals surface area contributed by atoms with Crippen molar-refractivity contribution in [2.45, 2.75) is 52.0 Å². The maximum absolute atomic E-state index is 13.4. The first-order valence-electron chi connectivity index (χ1n) is 10.4. The first kappa shape index (κ1) is 18.7. The Morgan fingerprint density at radius 3 is 2.43 bits per heavy atom. The van der Waals surface area contributed by atoms with Crippen LogP contribution in [0.1, 0.15) is 54.9 Å². The van der Waals surface area contributed by atoms with Crippen LogP contribution in [-0.2, 0) is 0 Å². The van der Waals surface area contributed by atoms with Gasteiger partial charge in [0.05, 0.1) is 16.8 Å². The van der Waals surface area contributed by atoms with Crippen LogP contribution in [0.5, 0.6) is 0 Å². The summed E-state index contributed by atoms with van der Waals surface area (Å²) in [6.45, 7) is 4.17. The molecule has 0 spiro atoms. The molecule has 1 saturated carbocycles. The second kappa shape index (κ2) is 8.14. The number of nitrogens with one attached hydrogen (secondary N) is 1. The molecular formula is C25H28N2O. The first-order chi connectivity index (χ1) is 13.6. The second-order valence-corrected chi connectivity index (χ2v) is 8.00. The van der Waals surface area contributed by atoms with Crippen molar-refractivity contribution in [2.75, 3.05) is 0 Å². The number of hydrogen-bond donors (Lipinski definition) is 1. The lowest BCUT2D eigenvalue weighted by molar-refractivity contribution is 0.0920. The van der Waals surface area contributed by atoms with Gasteiger partial charge < -0.3 is 5.32 Å². The number of nitrogens with zero attached hydrogens (tertiary/aromatic N) is 1. The Morgan fingerprint density at radius 2 is 1.68 bits per heavy atom. The van der Waals surface area contributed by atoms with Crippen molar-refractivity contribution < 1.29 is 4.79 Å². The number of carbonyl (C=O) groups is 1. The lowest BCUT2D eigenvalue weighted by Crippen LogP contribution is -2.39. The Morgan fingerprint density at radius 1 is 1.00 bits per heavy atom. The van der Waals surface area contributed by atoms with Gasteiger partial charge >= 0.3 is 0 Å².